The first-order valence-corrected chi connectivity index (χ1v) is 12.0. The van der Waals surface area contributed by atoms with Crippen molar-refractivity contribution in [2.24, 2.45) is 0 Å². The van der Waals surface area contributed by atoms with Gasteiger partial charge in [0.15, 0.2) is 5.82 Å². The number of phenolic OH excluding ortho intramolecular Hbond substituents is 1. The molecular formula is C25H29N7O. The molecule has 2 fully saturated rings. The average Bonchev–Trinajstić information content (AvgIpc) is 2.89. The van der Waals surface area contributed by atoms with Gasteiger partial charge in [-0.15, -0.1) is 10.2 Å². The minimum Gasteiger partial charge on any atom is -0.507 e. The smallest absolute Gasteiger partial charge is 0.225 e. The van der Waals surface area contributed by atoms with E-state index in [2.05, 4.69) is 36.4 Å². The van der Waals surface area contributed by atoms with Gasteiger partial charge in [0.25, 0.3) is 0 Å². The summed E-state index contributed by atoms with van der Waals surface area (Å²) in [5.74, 6) is 2.45. The maximum absolute atomic E-state index is 10.3. The van der Waals surface area contributed by atoms with Gasteiger partial charge in [-0.25, -0.2) is 9.97 Å². The first-order valence-electron chi connectivity index (χ1n) is 12.0. The maximum atomic E-state index is 10.3. The van der Waals surface area contributed by atoms with E-state index in [0.717, 1.165) is 43.6 Å². The Balaban J connectivity index is 1.23. The molecule has 1 saturated heterocycles. The minimum atomic E-state index is 0.215. The van der Waals surface area contributed by atoms with E-state index in [0.29, 0.717) is 17.2 Å². The lowest BCUT2D eigenvalue weighted by atomic mass is 9.87. The number of phenols is 1. The van der Waals surface area contributed by atoms with Gasteiger partial charge in [-0.2, -0.15) is 0 Å². The normalized spacial score (nSPS) is 20.7. The highest BCUT2D eigenvalue weighted by atomic mass is 16.3. The van der Waals surface area contributed by atoms with Crippen LogP contribution in [0.3, 0.4) is 0 Å². The lowest BCUT2D eigenvalue weighted by Gasteiger charge is -2.45. The van der Waals surface area contributed by atoms with E-state index in [1.54, 1.807) is 6.07 Å². The standard InChI is InChI=1S/C25H29N7O/c33-23-9-5-4-8-19(23)21-14-22-24(30-29-21)27-15-18-16-31(12-13-32(18)22)25-26-11-10-20(28-25)17-6-2-1-3-7-17/h4-5,8-11,14,17-18,33H,1-3,6-7,12-13,15-16H2,(H,27,30). The number of aromatic nitrogens is 4. The molecule has 1 aliphatic carbocycles. The van der Waals surface area contributed by atoms with E-state index in [1.807, 2.05) is 30.5 Å². The molecule has 1 saturated carbocycles. The summed E-state index contributed by atoms with van der Waals surface area (Å²) in [5.41, 5.74) is 3.62. The highest BCUT2D eigenvalue weighted by Gasteiger charge is 2.34. The van der Waals surface area contributed by atoms with E-state index in [-0.39, 0.29) is 11.8 Å². The molecule has 170 valence electrons. The zero-order chi connectivity index (χ0) is 22.2. The van der Waals surface area contributed by atoms with Crippen molar-refractivity contribution in [3.05, 3.63) is 48.3 Å². The number of rotatable bonds is 3. The van der Waals surface area contributed by atoms with Gasteiger partial charge >= 0.3 is 0 Å². The third kappa shape index (κ3) is 3.83. The third-order valence-corrected chi connectivity index (χ3v) is 7.22. The Labute approximate surface area is 193 Å². The Morgan fingerprint density at radius 1 is 1.00 bits per heavy atom. The highest BCUT2D eigenvalue weighted by molar-refractivity contribution is 5.76. The molecule has 0 amide bonds. The van der Waals surface area contributed by atoms with Gasteiger partial charge in [0, 0.05) is 49.6 Å². The average molecular weight is 444 g/mol. The van der Waals surface area contributed by atoms with E-state index in [4.69, 9.17) is 4.98 Å². The third-order valence-electron chi connectivity index (χ3n) is 7.22. The molecule has 0 radical (unpaired) electrons. The number of fused-ring (bicyclic) bond motifs is 3. The summed E-state index contributed by atoms with van der Waals surface area (Å²) in [6, 6.07) is 11.7. The minimum absolute atomic E-state index is 0.215. The van der Waals surface area contributed by atoms with Crippen molar-refractivity contribution in [1.82, 2.24) is 20.2 Å². The molecule has 2 aromatic heterocycles. The Bertz CT molecular complexity index is 1150. The highest BCUT2D eigenvalue weighted by Crippen LogP contribution is 2.37. The van der Waals surface area contributed by atoms with E-state index < -0.39 is 0 Å². The number of benzene rings is 1. The molecule has 8 heteroatoms. The van der Waals surface area contributed by atoms with E-state index in [1.165, 1.54) is 37.8 Å². The molecule has 1 aromatic carbocycles. The number of piperazine rings is 1. The second-order valence-electron chi connectivity index (χ2n) is 9.27. The molecule has 33 heavy (non-hydrogen) atoms. The maximum Gasteiger partial charge on any atom is 0.225 e. The molecular weight excluding hydrogens is 414 g/mol. The van der Waals surface area contributed by atoms with Gasteiger partial charge in [0.05, 0.1) is 17.4 Å². The van der Waals surface area contributed by atoms with Crippen molar-refractivity contribution >= 4 is 17.5 Å². The molecule has 6 rings (SSSR count). The van der Waals surface area contributed by atoms with Gasteiger partial charge in [-0.05, 0) is 37.1 Å². The number of hydrogen-bond donors (Lipinski definition) is 2. The molecule has 2 N–H and O–H groups in total. The van der Waals surface area contributed by atoms with Gasteiger partial charge in [0.1, 0.15) is 5.75 Å². The zero-order valence-corrected chi connectivity index (χ0v) is 18.7. The van der Waals surface area contributed by atoms with Gasteiger partial charge in [-0.3, -0.25) is 0 Å². The first kappa shape index (κ1) is 20.2. The fraction of sp³-hybridized carbons (Fsp3) is 0.440. The second-order valence-corrected chi connectivity index (χ2v) is 9.27. The van der Waals surface area contributed by atoms with Crippen LogP contribution in [0.15, 0.2) is 42.6 Å². The molecule has 4 heterocycles. The number of anilines is 3. The van der Waals surface area contributed by atoms with Gasteiger partial charge in [-0.1, -0.05) is 31.4 Å². The van der Waals surface area contributed by atoms with Crippen LogP contribution in [0.1, 0.15) is 43.7 Å². The van der Waals surface area contributed by atoms with Crippen molar-refractivity contribution < 1.29 is 5.11 Å². The summed E-state index contributed by atoms with van der Waals surface area (Å²) in [4.78, 5) is 14.3. The monoisotopic (exact) mass is 443 g/mol. The Kier molecular flexibility index (Phi) is 5.20. The molecule has 0 bridgehead atoms. The topological polar surface area (TPSA) is 90.3 Å². The first-order chi connectivity index (χ1) is 16.3. The zero-order valence-electron chi connectivity index (χ0n) is 18.7. The molecule has 8 nitrogen and oxygen atoms in total. The van der Waals surface area contributed by atoms with Crippen LogP contribution >= 0.6 is 0 Å². The van der Waals surface area contributed by atoms with Gasteiger partial charge < -0.3 is 20.2 Å². The summed E-state index contributed by atoms with van der Waals surface area (Å²) >= 11 is 0. The lowest BCUT2D eigenvalue weighted by molar-refractivity contribution is 0.435. The van der Waals surface area contributed by atoms with Crippen LogP contribution in [0, 0.1) is 0 Å². The van der Waals surface area contributed by atoms with Crippen LogP contribution in [0.4, 0.5) is 17.5 Å². The molecule has 0 spiro atoms. The largest absolute Gasteiger partial charge is 0.507 e. The number of hydrogen-bond acceptors (Lipinski definition) is 8. The van der Waals surface area contributed by atoms with Gasteiger partial charge in [0.2, 0.25) is 5.95 Å². The lowest BCUT2D eigenvalue weighted by Crippen LogP contribution is -2.58. The summed E-state index contributed by atoms with van der Waals surface area (Å²) in [7, 11) is 0. The molecule has 3 aromatic rings. The predicted molar refractivity (Wildman–Crippen MR) is 129 cm³/mol. The summed E-state index contributed by atoms with van der Waals surface area (Å²) < 4.78 is 0. The van der Waals surface area contributed by atoms with Crippen molar-refractivity contribution in [1.29, 1.82) is 0 Å². The van der Waals surface area contributed by atoms with Crippen molar-refractivity contribution in [3.63, 3.8) is 0 Å². The van der Waals surface area contributed by atoms with Crippen LogP contribution < -0.4 is 15.1 Å². The van der Waals surface area contributed by atoms with Crippen molar-refractivity contribution in [2.45, 2.75) is 44.1 Å². The Hall–Kier alpha value is -3.42. The van der Waals surface area contributed by atoms with Crippen LogP contribution in [-0.4, -0.2) is 57.5 Å². The van der Waals surface area contributed by atoms with Crippen LogP contribution in [0.5, 0.6) is 5.75 Å². The summed E-state index contributed by atoms with van der Waals surface area (Å²) in [6.07, 6.45) is 8.38. The number of para-hydroxylation sites is 1. The van der Waals surface area contributed by atoms with Crippen molar-refractivity contribution in [2.75, 3.05) is 41.3 Å². The Morgan fingerprint density at radius 3 is 2.76 bits per heavy atom. The Morgan fingerprint density at radius 2 is 1.88 bits per heavy atom. The quantitative estimate of drug-likeness (QED) is 0.632. The fourth-order valence-electron chi connectivity index (χ4n) is 5.43. The van der Waals surface area contributed by atoms with Crippen molar-refractivity contribution in [3.8, 4) is 17.0 Å². The second kappa shape index (κ2) is 8.50. The summed E-state index contributed by atoms with van der Waals surface area (Å²) in [5, 5.41) is 22.5. The summed E-state index contributed by atoms with van der Waals surface area (Å²) in [6.45, 7) is 3.38. The predicted octanol–water partition coefficient (Wildman–Crippen LogP) is 3.81. The number of aromatic hydroxyl groups is 1. The van der Waals surface area contributed by atoms with E-state index in [9.17, 15) is 5.11 Å². The van der Waals surface area contributed by atoms with Crippen LogP contribution in [0.2, 0.25) is 0 Å². The van der Waals surface area contributed by atoms with Crippen LogP contribution in [0.25, 0.3) is 11.3 Å². The number of nitrogens with zero attached hydrogens (tertiary/aromatic N) is 6. The SMILES string of the molecule is Oc1ccccc1-c1cc2c(nn1)NCC1CN(c3nccc(C4CCCCC4)n3)CCN21. The molecule has 1 atom stereocenters. The molecule has 1 unspecified atom stereocenters. The van der Waals surface area contributed by atoms with E-state index >= 15 is 0 Å². The van der Waals surface area contributed by atoms with Crippen LogP contribution in [-0.2, 0) is 0 Å². The number of nitrogens with one attached hydrogen (secondary N) is 1. The molecule has 3 aliphatic rings. The fourth-order valence-corrected chi connectivity index (χ4v) is 5.43. The molecule has 2 aliphatic heterocycles.